The molecule has 0 spiro atoms. The normalized spacial score (nSPS) is 21.9. The smallest absolute Gasteiger partial charge is 0.244 e. The molecule has 24 heavy (non-hydrogen) atoms. The monoisotopic (exact) mass is 331 g/mol. The number of hydrogen-bond donors (Lipinski definition) is 2. The summed E-state index contributed by atoms with van der Waals surface area (Å²) in [5, 5.41) is 2.96. The molecule has 2 aliphatic heterocycles. The van der Waals surface area contributed by atoms with Crippen LogP contribution in [0.1, 0.15) is 44.1 Å². The molecule has 0 saturated carbocycles. The van der Waals surface area contributed by atoms with Crippen molar-refractivity contribution >= 4 is 11.6 Å². The molecule has 1 amide bonds. The zero-order valence-electron chi connectivity index (χ0n) is 14.4. The average molecular weight is 331 g/mol. The van der Waals surface area contributed by atoms with Crippen molar-refractivity contribution in [1.29, 1.82) is 0 Å². The molecular formula is C19H29N3O2. The van der Waals surface area contributed by atoms with Crippen molar-refractivity contribution in [2.45, 2.75) is 50.6 Å². The number of nitrogens with two attached hydrogens (primary N) is 1. The van der Waals surface area contributed by atoms with E-state index in [1.165, 1.54) is 44.3 Å². The van der Waals surface area contributed by atoms with Crippen molar-refractivity contribution in [3.63, 3.8) is 0 Å². The van der Waals surface area contributed by atoms with Gasteiger partial charge in [0.25, 0.3) is 0 Å². The third-order valence-electron chi connectivity index (χ3n) is 5.15. The fourth-order valence-corrected chi connectivity index (χ4v) is 3.46. The standard InChI is InChI=1S/C19H29N3O2/c20-19(9-13-24-14-10-19)18(23)21-17-7-5-16(6-8-17)15-22-11-3-1-2-4-12-22/h5-8H,1-4,9-15,20H2,(H,21,23). The average Bonchev–Trinajstić information content (AvgIpc) is 2.86. The quantitative estimate of drug-likeness (QED) is 0.889. The molecule has 5 heteroatoms. The molecular weight excluding hydrogens is 302 g/mol. The lowest BCUT2D eigenvalue weighted by molar-refractivity contribution is -0.124. The van der Waals surface area contributed by atoms with Crippen LogP contribution < -0.4 is 11.1 Å². The predicted molar refractivity (Wildman–Crippen MR) is 95.8 cm³/mol. The molecule has 0 aliphatic carbocycles. The van der Waals surface area contributed by atoms with E-state index in [2.05, 4.69) is 22.3 Å². The van der Waals surface area contributed by atoms with Crippen molar-refractivity contribution in [1.82, 2.24) is 4.90 Å². The molecule has 2 fully saturated rings. The minimum atomic E-state index is -0.803. The SMILES string of the molecule is NC1(C(=O)Nc2ccc(CN3CCCCCC3)cc2)CCOCC1. The van der Waals surface area contributed by atoms with Crippen LogP contribution in [0.4, 0.5) is 5.69 Å². The van der Waals surface area contributed by atoms with Gasteiger partial charge >= 0.3 is 0 Å². The third kappa shape index (κ3) is 4.56. The first-order valence-electron chi connectivity index (χ1n) is 9.15. The lowest BCUT2D eigenvalue weighted by atomic mass is 9.90. The summed E-state index contributed by atoms with van der Waals surface area (Å²) in [5.41, 5.74) is 7.53. The van der Waals surface area contributed by atoms with Crippen LogP contribution in [-0.2, 0) is 16.1 Å². The van der Waals surface area contributed by atoms with Crippen LogP contribution in [0.25, 0.3) is 0 Å². The molecule has 0 bridgehead atoms. The van der Waals surface area contributed by atoms with Gasteiger partial charge < -0.3 is 15.8 Å². The summed E-state index contributed by atoms with van der Waals surface area (Å²) in [6.45, 7) is 4.48. The molecule has 132 valence electrons. The van der Waals surface area contributed by atoms with Gasteiger partial charge in [-0.3, -0.25) is 9.69 Å². The summed E-state index contributed by atoms with van der Waals surface area (Å²) in [6.07, 6.45) is 6.46. The number of carbonyl (C=O) groups is 1. The van der Waals surface area contributed by atoms with Crippen molar-refractivity contribution in [2.75, 3.05) is 31.6 Å². The van der Waals surface area contributed by atoms with E-state index in [0.29, 0.717) is 26.1 Å². The highest BCUT2D eigenvalue weighted by molar-refractivity contribution is 5.98. The van der Waals surface area contributed by atoms with Gasteiger partial charge in [0.1, 0.15) is 5.54 Å². The second kappa shape index (κ2) is 8.10. The highest BCUT2D eigenvalue weighted by atomic mass is 16.5. The molecule has 3 rings (SSSR count). The Morgan fingerprint density at radius 2 is 1.71 bits per heavy atom. The summed E-state index contributed by atoms with van der Waals surface area (Å²) < 4.78 is 5.30. The van der Waals surface area contributed by atoms with E-state index in [-0.39, 0.29) is 5.91 Å². The Hall–Kier alpha value is -1.43. The Bertz CT molecular complexity index is 530. The van der Waals surface area contributed by atoms with Gasteiger partial charge in [-0.2, -0.15) is 0 Å². The maximum Gasteiger partial charge on any atom is 0.244 e. The molecule has 2 saturated heterocycles. The summed E-state index contributed by atoms with van der Waals surface area (Å²) in [7, 11) is 0. The summed E-state index contributed by atoms with van der Waals surface area (Å²) >= 11 is 0. The molecule has 1 aromatic carbocycles. The summed E-state index contributed by atoms with van der Waals surface area (Å²) in [6, 6.07) is 8.17. The molecule has 0 atom stereocenters. The van der Waals surface area contributed by atoms with E-state index in [1.807, 2.05) is 12.1 Å². The van der Waals surface area contributed by atoms with E-state index >= 15 is 0 Å². The van der Waals surface area contributed by atoms with Crippen LogP contribution >= 0.6 is 0 Å². The number of benzene rings is 1. The topological polar surface area (TPSA) is 67.6 Å². The Kier molecular flexibility index (Phi) is 5.87. The number of amides is 1. The van der Waals surface area contributed by atoms with Gasteiger partial charge in [-0.15, -0.1) is 0 Å². The lowest BCUT2D eigenvalue weighted by Gasteiger charge is -2.31. The van der Waals surface area contributed by atoms with E-state index in [4.69, 9.17) is 10.5 Å². The molecule has 0 unspecified atom stereocenters. The van der Waals surface area contributed by atoms with Crippen LogP contribution in [0.5, 0.6) is 0 Å². The highest BCUT2D eigenvalue weighted by Crippen LogP contribution is 2.21. The third-order valence-corrected chi connectivity index (χ3v) is 5.15. The van der Waals surface area contributed by atoms with Gasteiger partial charge in [0.05, 0.1) is 0 Å². The Morgan fingerprint density at radius 1 is 1.08 bits per heavy atom. The van der Waals surface area contributed by atoms with Crippen molar-refractivity contribution in [3.05, 3.63) is 29.8 Å². The van der Waals surface area contributed by atoms with E-state index in [0.717, 1.165) is 12.2 Å². The number of nitrogens with zero attached hydrogens (tertiary/aromatic N) is 1. The zero-order chi connectivity index (χ0) is 16.8. The van der Waals surface area contributed by atoms with Gasteiger partial charge in [-0.25, -0.2) is 0 Å². The second-order valence-electron chi connectivity index (χ2n) is 7.11. The summed E-state index contributed by atoms with van der Waals surface area (Å²) in [4.78, 5) is 15.0. The minimum absolute atomic E-state index is 0.105. The number of ether oxygens (including phenoxy) is 1. The fraction of sp³-hybridized carbons (Fsp3) is 0.632. The Balaban J connectivity index is 1.55. The number of likely N-dealkylation sites (tertiary alicyclic amines) is 1. The van der Waals surface area contributed by atoms with Crippen LogP contribution in [0.3, 0.4) is 0 Å². The Morgan fingerprint density at radius 3 is 2.33 bits per heavy atom. The molecule has 3 N–H and O–H groups in total. The first kappa shape index (κ1) is 17.4. The lowest BCUT2D eigenvalue weighted by Crippen LogP contribution is -2.54. The molecule has 1 aromatic rings. The van der Waals surface area contributed by atoms with Gasteiger partial charge in [0, 0.05) is 25.4 Å². The van der Waals surface area contributed by atoms with Crippen LogP contribution in [0, 0.1) is 0 Å². The van der Waals surface area contributed by atoms with E-state index < -0.39 is 5.54 Å². The fourth-order valence-electron chi connectivity index (χ4n) is 3.46. The van der Waals surface area contributed by atoms with E-state index in [9.17, 15) is 4.79 Å². The molecule has 2 aliphatic rings. The van der Waals surface area contributed by atoms with Crippen LogP contribution in [-0.4, -0.2) is 42.6 Å². The first-order valence-corrected chi connectivity index (χ1v) is 9.15. The van der Waals surface area contributed by atoms with Gasteiger partial charge in [0.2, 0.25) is 5.91 Å². The van der Waals surface area contributed by atoms with Crippen molar-refractivity contribution < 1.29 is 9.53 Å². The number of rotatable bonds is 4. The number of carbonyl (C=O) groups excluding carboxylic acids is 1. The van der Waals surface area contributed by atoms with E-state index in [1.54, 1.807) is 0 Å². The zero-order valence-corrected chi connectivity index (χ0v) is 14.4. The molecule has 2 heterocycles. The van der Waals surface area contributed by atoms with Gasteiger partial charge in [0.15, 0.2) is 0 Å². The van der Waals surface area contributed by atoms with Crippen LogP contribution in [0.2, 0.25) is 0 Å². The van der Waals surface area contributed by atoms with Gasteiger partial charge in [-0.05, 0) is 56.5 Å². The minimum Gasteiger partial charge on any atom is -0.381 e. The van der Waals surface area contributed by atoms with Crippen molar-refractivity contribution in [3.8, 4) is 0 Å². The first-order chi connectivity index (χ1) is 11.7. The van der Waals surface area contributed by atoms with Gasteiger partial charge in [-0.1, -0.05) is 25.0 Å². The number of anilines is 1. The maximum atomic E-state index is 12.4. The number of hydrogen-bond acceptors (Lipinski definition) is 4. The predicted octanol–water partition coefficient (Wildman–Crippen LogP) is 2.51. The van der Waals surface area contributed by atoms with Crippen molar-refractivity contribution in [2.24, 2.45) is 5.73 Å². The Labute approximate surface area is 144 Å². The summed E-state index contributed by atoms with van der Waals surface area (Å²) in [5.74, 6) is -0.105. The largest absolute Gasteiger partial charge is 0.381 e. The highest BCUT2D eigenvalue weighted by Gasteiger charge is 2.35. The molecule has 0 radical (unpaired) electrons. The maximum absolute atomic E-state index is 12.4. The molecule has 0 aromatic heterocycles. The second-order valence-corrected chi connectivity index (χ2v) is 7.11. The molecule has 5 nitrogen and oxygen atoms in total. The van der Waals surface area contributed by atoms with Crippen LogP contribution in [0.15, 0.2) is 24.3 Å². The number of nitrogens with one attached hydrogen (secondary N) is 1.